The molecule has 0 atom stereocenters. The van der Waals surface area contributed by atoms with Gasteiger partial charge in [-0.25, -0.2) is 0 Å². The Morgan fingerprint density at radius 3 is 2.48 bits per heavy atom. The van der Waals surface area contributed by atoms with Crippen LogP contribution in [0.3, 0.4) is 0 Å². The van der Waals surface area contributed by atoms with E-state index in [9.17, 15) is 9.59 Å². The third-order valence-corrected chi connectivity index (χ3v) is 5.29. The largest absolute Gasteiger partial charge is 0.457 e. The molecule has 0 aliphatic rings. The van der Waals surface area contributed by atoms with Crippen LogP contribution < -0.4 is 0 Å². The van der Waals surface area contributed by atoms with E-state index >= 15 is 0 Å². The highest BCUT2D eigenvalue weighted by Crippen LogP contribution is 2.21. The van der Waals surface area contributed by atoms with Gasteiger partial charge in [-0.2, -0.15) is 4.68 Å². The van der Waals surface area contributed by atoms with Gasteiger partial charge in [0.15, 0.2) is 6.61 Å². The minimum absolute atomic E-state index is 0.00535. The van der Waals surface area contributed by atoms with Gasteiger partial charge in [-0.1, -0.05) is 47.7 Å². The number of esters is 1. The summed E-state index contributed by atoms with van der Waals surface area (Å²) in [7, 11) is 0. The molecule has 0 aliphatic heterocycles. The Morgan fingerprint density at radius 1 is 1.00 bits per heavy atom. The molecule has 0 saturated carbocycles. The lowest BCUT2D eigenvalue weighted by atomic mass is 10.0. The molecule has 0 saturated heterocycles. The van der Waals surface area contributed by atoms with Crippen LogP contribution in [-0.2, 0) is 9.53 Å². The molecule has 3 aromatic rings. The Morgan fingerprint density at radius 2 is 1.72 bits per heavy atom. The number of nitrogens with zero attached hydrogens (tertiary/aromatic N) is 4. The van der Waals surface area contributed by atoms with Gasteiger partial charge >= 0.3 is 5.97 Å². The summed E-state index contributed by atoms with van der Waals surface area (Å²) in [5.41, 5.74) is 5.47. The number of carbonyl (C=O) groups excluding carboxylic acids is 2. The zero-order valence-electron chi connectivity index (χ0n) is 16.8. The Kier molecular flexibility index (Phi) is 6.43. The average Bonchev–Trinajstić information content (AvgIpc) is 3.14. The highest BCUT2D eigenvalue weighted by atomic mass is 32.2. The summed E-state index contributed by atoms with van der Waals surface area (Å²) in [6, 6.07) is 11.5. The molecule has 8 heteroatoms. The van der Waals surface area contributed by atoms with Crippen molar-refractivity contribution in [2.45, 2.75) is 32.9 Å². The number of benzene rings is 2. The predicted molar refractivity (Wildman–Crippen MR) is 111 cm³/mol. The van der Waals surface area contributed by atoms with Crippen LogP contribution in [-0.4, -0.2) is 44.3 Å². The Hall–Kier alpha value is -3.00. The number of aromatic nitrogens is 4. The van der Waals surface area contributed by atoms with Crippen LogP contribution in [0, 0.1) is 27.7 Å². The maximum absolute atomic E-state index is 12.3. The lowest BCUT2D eigenvalue weighted by molar-refractivity contribution is -0.139. The first-order valence-corrected chi connectivity index (χ1v) is 10.1. The predicted octanol–water partition coefficient (Wildman–Crippen LogP) is 3.41. The Balaban J connectivity index is 1.59. The molecule has 1 aromatic heterocycles. The van der Waals surface area contributed by atoms with Crippen molar-refractivity contribution in [2.24, 2.45) is 0 Å². The van der Waals surface area contributed by atoms with Gasteiger partial charge in [0, 0.05) is 5.56 Å². The van der Waals surface area contributed by atoms with E-state index in [1.807, 2.05) is 58.0 Å². The SMILES string of the molecule is Cc1ccc(C(=O)COC(=O)CSc2nnnn2-c2cc(C)ccc2C)c(C)c1. The highest BCUT2D eigenvalue weighted by molar-refractivity contribution is 7.99. The molecule has 0 aliphatic carbocycles. The number of thioether (sulfide) groups is 1. The molecule has 2 aromatic carbocycles. The lowest BCUT2D eigenvalue weighted by Gasteiger charge is -2.09. The summed E-state index contributed by atoms with van der Waals surface area (Å²) in [4.78, 5) is 24.4. The van der Waals surface area contributed by atoms with Crippen molar-refractivity contribution in [3.8, 4) is 5.69 Å². The van der Waals surface area contributed by atoms with E-state index in [1.165, 1.54) is 0 Å². The number of carbonyl (C=O) groups is 2. The highest BCUT2D eigenvalue weighted by Gasteiger charge is 2.16. The van der Waals surface area contributed by atoms with Crippen LogP contribution in [0.2, 0.25) is 0 Å². The van der Waals surface area contributed by atoms with Crippen molar-refractivity contribution in [2.75, 3.05) is 12.4 Å². The molecule has 1 heterocycles. The molecule has 29 heavy (non-hydrogen) atoms. The summed E-state index contributed by atoms with van der Waals surface area (Å²) >= 11 is 1.16. The maximum atomic E-state index is 12.3. The van der Waals surface area contributed by atoms with Crippen molar-refractivity contribution in [3.05, 3.63) is 64.2 Å². The third kappa shape index (κ3) is 5.08. The van der Waals surface area contributed by atoms with Crippen LogP contribution in [0.1, 0.15) is 32.6 Å². The van der Waals surface area contributed by atoms with Gasteiger partial charge in [-0.05, 0) is 60.9 Å². The van der Waals surface area contributed by atoms with Crippen LogP contribution in [0.15, 0.2) is 41.6 Å². The quantitative estimate of drug-likeness (QED) is 0.335. The first-order valence-electron chi connectivity index (χ1n) is 9.10. The minimum Gasteiger partial charge on any atom is -0.457 e. The molecule has 0 bridgehead atoms. The summed E-state index contributed by atoms with van der Waals surface area (Å²) in [6.07, 6.45) is 0. The molecule has 150 valence electrons. The number of aryl methyl sites for hydroxylation is 4. The first kappa shape index (κ1) is 20.7. The zero-order chi connectivity index (χ0) is 21.0. The van der Waals surface area contributed by atoms with Crippen molar-refractivity contribution in [3.63, 3.8) is 0 Å². The number of ketones is 1. The molecule has 7 nitrogen and oxygen atoms in total. The molecule has 0 spiro atoms. The summed E-state index contributed by atoms with van der Waals surface area (Å²) in [5, 5.41) is 12.2. The maximum Gasteiger partial charge on any atom is 0.316 e. The smallest absolute Gasteiger partial charge is 0.316 e. The van der Waals surface area contributed by atoms with Gasteiger partial charge < -0.3 is 4.74 Å². The van der Waals surface area contributed by atoms with Crippen molar-refractivity contribution in [1.82, 2.24) is 20.2 Å². The van der Waals surface area contributed by atoms with E-state index in [0.29, 0.717) is 10.7 Å². The normalized spacial score (nSPS) is 10.8. The molecule has 0 N–H and O–H groups in total. The van der Waals surface area contributed by atoms with E-state index in [0.717, 1.165) is 39.7 Å². The van der Waals surface area contributed by atoms with E-state index < -0.39 is 5.97 Å². The summed E-state index contributed by atoms with van der Waals surface area (Å²) in [5.74, 6) is -0.713. The average molecular weight is 410 g/mol. The van der Waals surface area contributed by atoms with Gasteiger partial charge in [0.1, 0.15) is 0 Å². The fourth-order valence-electron chi connectivity index (χ4n) is 2.88. The molecule has 0 fully saturated rings. The number of hydrogen-bond acceptors (Lipinski definition) is 7. The monoisotopic (exact) mass is 410 g/mol. The number of Topliss-reactive ketones (excluding diaryl/α,β-unsaturated/α-hetero) is 1. The molecule has 0 amide bonds. The van der Waals surface area contributed by atoms with Gasteiger partial charge in [0.05, 0.1) is 11.4 Å². The third-order valence-electron chi connectivity index (χ3n) is 4.40. The van der Waals surface area contributed by atoms with E-state index in [1.54, 1.807) is 10.7 Å². The molecule has 3 rings (SSSR count). The first-order chi connectivity index (χ1) is 13.8. The molecule has 0 radical (unpaired) electrons. The zero-order valence-corrected chi connectivity index (χ0v) is 17.6. The topological polar surface area (TPSA) is 87.0 Å². The second-order valence-electron chi connectivity index (χ2n) is 6.85. The van der Waals surface area contributed by atoms with Gasteiger partial charge in [-0.3, -0.25) is 9.59 Å². The van der Waals surface area contributed by atoms with Crippen LogP contribution in [0.25, 0.3) is 5.69 Å². The van der Waals surface area contributed by atoms with Crippen molar-refractivity contribution in [1.29, 1.82) is 0 Å². The van der Waals surface area contributed by atoms with Crippen molar-refractivity contribution < 1.29 is 14.3 Å². The second-order valence-corrected chi connectivity index (χ2v) is 7.80. The minimum atomic E-state index is -0.497. The number of ether oxygens (including phenoxy) is 1. The summed E-state index contributed by atoms with van der Waals surface area (Å²) < 4.78 is 6.74. The molecular formula is C21H22N4O3S. The Bertz CT molecular complexity index is 1060. The van der Waals surface area contributed by atoms with E-state index in [2.05, 4.69) is 15.5 Å². The number of rotatable bonds is 7. The van der Waals surface area contributed by atoms with Gasteiger partial charge in [-0.15, -0.1) is 5.10 Å². The lowest BCUT2D eigenvalue weighted by Crippen LogP contribution is -2.16. The van der Waals surface area contributed by atoms with Crippen LogP contribution >= 0.6 is 11.8 Å². The molecule has 0 unspecified atom stereocenters. The van der Waals surface area contributed by atoms with Crippen LogP contribution in [0.5, 0.6) is 0 Å². The van der Waals surface area contributed by atoms with Gasteiger partial charge in [0.25, 0.3) is 0 Å². The van der Waals surface area contributed by atoms with Gasteiger partial charge in [0.2, 0.25) is 10.9 Å². The second kappa shape index (κ2) is 9.00. The fourth-order valence-corrected chi connectivity index (χ4v) is 3.56. The summed E-state index contributed by atoms with van der Waals surface area (Å²) in [6.45, 7) is 7.50. The van der Waals surface area contributed by atoms with E-state index in [4.69, 9.17) is 4.74 Å². The van der Waals surface area contributed by atoms with Crippen molar-refractivity contribution >= 4 is 23.5 Å². The van der Waals surface area contributed by atoms with E-state index in [-0.39, 0.29) is 18.1 Å². The number of hydrogen-bond donors (Lipinski definition) is 0. The van der Waals surface area contributed by atoms with Crippen LogP contribution in [0.4, 0.5) is 0 Å². The molecular weight excluding hydrogens is 388 g/mol. The Labute approximate surface area is 173 Å². The fraction of sp³-hybridized carbons (Fsp3) is 0.286. The standard InChI is InChI=1S/C21H22N4O3S/c1-13-6-8-17(16(4)9-13)19(26)11-28-20(27)12-29-21-22-23-24-25(21)18-10-14(2)5-7-15(18)3/h5-10H,11-12H2,1-4H3. The number of tetrazole rings is 1.